The van der Waals surface area contributed by atoms with E-state index in [0.717, 1.165) is 23.8 Å². The lowest BCUT2D eigenvalue weighted by molar-refractivity contribution is 0.134. The number of nitrogens with zero attached hydrogens (tertiary/aromatic N) is 1. The molecular formula is C13H15IN2OS. The predicted octanol–water partition coefficient (Wildman–Crippen LogP) is 3.90. The smallest absolute Gasteiger partial charge is 0.113 e. The molecule has 96 valence electrons. The zero-order valence-corrected chi connectivity index (χ0v) is 13.1. The molecule has 3 nitrogen and oxygen atoms in total. The molecule has 0 aliphatic heterocycles. The maximum Gasteiger partial charge on any atom is 0.113 e. The number of thiazole rings is 1. The molecule has 0 aliphatic rings. The highest BCUT2D eigenvalue weighted by atomic mass is 127. The first-order valence-corrected chi connectivity index (χ1v) is 7.69. The van der Waals surface area contributed by atoms with Crippen molar-refractivity contribution in [2.75, 3.05) is 11.9 Å². The SMILES string of the molecule is CCOCc1ccccc1NCc1ncc(I)s1. The number of para-hydroxylation sites is 1. The summed E-state index contributed by atoms with van der Waals surface area (Å²) in [6.45, 7) is 4.15. The van der Waals surface area contributed by atoms with Gasteiger partial charge in [0.15, 0.2) is 0 Å². The van der Waals surface area contributed by atoms with Crippen LogP contribution in [0.2, 0.25) is 0 Å². The summed E-state index contributed by atoms with van der Waals surface area (Å²) in [5, 5.41) is 4.52. The van der Waals surface area contributed by atoms with Crippen LogP contribution in [0, 0.1) is 2.88 Å². The van der Waals surface area contributed by atoms with Gasteiger partial charge in [-0.2, -0.15) is 0 Å². The Morgan fingerprint density at radius 3 is 2.94 bits per heavy atom. The van der Waals surface area contributed by atoms with E-state index in [4.69, 9.17) is 4.74 Å². The molecule has 1 heterocycles. The summed E-state index contributed by atoms with van der Waals surface area (Å²) in [6.07, 6.45) is 1.90. The molecular weight excluding hydrogens is 359 g/mol. The fourth-order valence-corrected chi connectivity index (χ4v) is 3.05. The molecule has 0 saturated heterocycles. The second-order valence-corrected chi connectivity index (χ2v) is 6.72. The second-order valence-electron chi connectivity index (χ2n) is 3.71. The molecule has 0 radical (unpaired) electrons. The van der Waals surface area contributed by atoms with Crippen LogP contribution in [0.5, 0.6) is 0 Å². The normalized spacial score (nSPS) is 10.6. The molecule has 0 spiro atoms. The van der Waals surface area contributed by atoms with Gasteiger partial charge in [0.05, 0.1) is 22.2 Å². The maximum absolute atomic E-state index is 5.46. The highest BCUT2D eigenvalue weighted by Crippen LogP contribution is 2.19. The summed E-state index contributed by atoms with van der Waals surface area (Å²) in [7, 11) is 0. The average Bonchev–Trinajstić information content (AvgIpc) is 2.81. The van der Waals surface area contributed by atoms with Crippen molar-refractivity contribution in [1.82, 2.24) is 4.98 Å². The van der Waals surface area contributed by atoms with Crippen molar-refractivity contribution in [2.45, 2.75) is 20.1 Å². The van der Waals surface area contributed by atoms with Crippen LogP contribution in [0.3, 0.4) is 0 Å². The molecule has 0 fully saturated rings. The third-order valence-corrected chi connectivity index (χ3v) is 4.16. The van der Waals surface area contributed by atoms with Gasteiger partial charge in [-0.05, 0) is 35.6 Å². The molecule has 0 bridgehead atoms. The van der Waals surface area contributed by atoms with Crippen molar-refractivity contribution < 1.29 is 4.74 Å². The average molecular weight is 374 g/mol. The second kappa shape index (κ2) is 7.06. The van der Waals surface area contributed by atoms with E-state index >= 15 is 0 Å². The van der Waals surface area contributed by atoms with E-state index in [1.54, 1.807) is 11.3 Å². The van der Waals surface area contributed by atoms with E-state index in [-0.39, 0.29) is 0 Å². The topological polar surface area (TPSA) is 34.1 Å². The molecule has 1 aromatic heterocycles. The van der Waals surface area contributed by atoms with Crippen LogP contribution in [0.1, 0.15) is 17.5 Å². The molecule has 2 aromatic rings. The van der Waals surface area contributed by atoms with E-state index in [1.165, 1.54) is 8.45 Å². The molecule has 2 rings (SSSR count). The van der Waals surface area contributed by atoms with E-state index in [9.17, 15) is 0 Å². The van der Waals surface area contributed by atoms with E-state index in [1.807, 2.05) is 25.3 Å². The Bertz CT molecular complexity index is 501. The van der Waals surface area contributed by atoms with Crippen molar-refractivity contribution in [1.29, 1.82) is 0 Å². The molecule has 5 heteroatoms. The lowest BCUT2D eigenvalue weighted by atomic mass is 10.2. The molecule has 1 aromatic carbocycles. The Morgan fingerprint density at radius 2 is 2.22 bits per heavy atom. The van der Waals surface area contributed by atoms with Gasteiger partial charge >= 0.3 is 0 Å². The van der Waals surface area contributed by atoms with Crippen LogP contribution in [0.4, 0.5) is 5.69 Å². The van der Waals surface area contributed by atoms with Gasteiger partial charge in [0.2, 0.25) is 0 Å². The van der Waals surface area contributed by atoms with Crippen molar-refractivity contribution >= 4 is 39.6 Å². The number of hydrogen-bond acceptors (Lipinski definition) is 4. The zero-order chi connectivity index (χ0) is 12.8. The number of nitrogens with one attached hydrogen (secondary N) is 1. The lowest BCUT2D eigenvalue weighted by Gasteiger charge is -2.10. The van der Waals surface area contributed by atoms with E-state index in [0.29, 0.717) is 6.61 Å². The van der Waals surface area contributed by atoms with Crippen LogP contribution >= 0.6 is 33.9 Å². The lowest BCUT2D eigenvalue weighted by Crippen LogP contribution is -2.03. The van der Waals surface area contributed by atoms with Gasteiger partial charge in [0.1, 0.15) is 5.01 Å². The van der Waals surface area contributed by atoms with Crippen LogP contribution in [0.25, 0.3) is 0 Å². The van der Waals surface area contributed by atoms with Crippen LogP contribution in [-0.2, 0) is 17.9 Å². The summed E-state index contributed by atoms with van der Waals surface area (Å²) in [5.74, 6) is 0. The summed E-state index contributed by atoms with van der Waals surface area (Å²) >= 11 is 4.00. The highest BCUT2D eigenvalue weighted by Gasteiger charge is 2.03. The van der Waals surface area contributed by atoms with E-state index < -0.39 is 0 Å². The minimum atomic E-state index is 0.648. The number of benzene rings is 1. The first kappa shape index (κ1) is 13.8. The predicted molar refractivity (Wildman–Crippen MR) is 83.9 cm³/mol. The Labute approximate surface area is 125 Å². The quantitative estimate of drug-likeness (QED) is 0.779. The number of anilines is 1. The molecule has 0 amide bonds. The fraction of sp³-hybridized carbons (Fsp3) is 0.308. The number of hydrogen-bond donors (Lipinski definition) is 1. The molecule has 0 atom stereocenters. The van der Waals surface area contributed by atoms with Gasteiger partial charge in [-0.15, -0.1) is 11.3 Å². The van der Waals surface area contributed by atoms with Gasteiger partial charge < -0.3 is 10.1 Å². The van der Waals surface area contributed by atoms with Crippen LogP contribution in [-0.4, -0.2) is 11.6 Å². The third-order valence-electron chi connectivity index (χ3n) is 2.43. The summed E-state index contributed by atoms with van der Waals surface area (Å²) in [6, 6.07) is 8.23. The number of rotatable bonds is 6. The fourth-order valence-electron chi connectivity index (χ4n) is 1.57. The van der Waals surface area contributed by atoms with Crippen molar-refractivity contribution in [3.05, 3.63) is 43.9 Å². The van der Waals surface area contributed by atoms with Crippen molar-refractivity contribution in [2.24, 2.45) is 0 Å². The largest absolute Gasteiger partial charge is 0.378 e. The van der Waals surface area contributed by atoms with Gasteiger partial charge in [-0.25, -0.2) is 4.98 Å². The Kier molecular flexibility index (Phi) is 5.40. The van der Waals surface area contributed by atoms with Crippen LogP contribution in [0.15, 0.2) is 30.5 Å². The minimum absolute atomic E-state index is 0.648. The highest BCUT2D eigenvalue weighted by molar-refractivity contribution is 14.1. The molecule has 1 N–H and O–H groups in total. The number of halogens is 1. The standard InChI is InChI=1S/C13H15IN2OS/c1-2-17-9-10-5-3-4-6-11(10)15-8-13-16-7-12(14)18-13/h3-7,15H,2,8-9H2,1H3. The first-order valence-electron chi connectivity index (χ1n) is 5.79. The summed E-state index contributed by atoms with van der Waals surface area (Å²) in [4.78, 5) is 4.34. The summed E-state index contributed by atoms with van der Waals surface area (Å²) in [5.41, 5.74) is 2.31. The van der Waals surface area contributed by atoms with Crippen molar-refractivity contribution in [3.8, 4) is 0 Å². The number of aromatic nitrogens is 1. The number of ether oxygens (including phenoxy) is 1. The van der Waals surface area contributed by atoms with E-state index in [2.05, 4.69) is 45.0 Å². The first-order chi connectivity index (χ1) is 8.79. The van der Waals surface area contributed by atoms with Crippen molar-refractivity contribution in [3.63, 3.8) is 0 Å². The Balaban J connectivity index is 1.99. The molecule has 0 aliphatic carbocycles. The maximum atomic E-state index is 5.46. The Hall–Kier alpha value is -0.660. The minimum Gasteiger partial charge on any atom is -0.378 e. The zero-order valence-electron chi connectivity index (χ0n) is 10.1. The molecule has 18 heavy (non-hydrogen) atoms. The van der Waals surface area contributed by atoms with Gasteiger partial charge in [0, 0.05) is 17.9 Å². The van der Waals surface area contributed by atoms with Gasteiger partial charge in [-0.3, -0.25) is 0 Å². The monoisotopic (exact) mass is 374 g/mol. The third kappa shape index (κ3) is 3.93. The summed E-state index contributed by atoms with van der Waals surface area (Å²) < 4.78 is 6.68. The Morgan fingerprint density at radius 1 is 1.39 bits per heavy atom. The van der Waals surface area contributed by atoms with Gasteiger partial charge in [-0.1, -0.05) is 18.2 Å². The van der Waals surface area contributed by atoms with Gasteiger partial charge in [0.25, 0.3) is 0 Å². The molecule has 0 saturated carbocycles. The van der Waals surface area contributed by atoms with Crippen LogP contribution < -0.4 is 5.32 Å². The molecule has 0 unspecified atom stereocenters.